The first-order valence-electron chi connectivity index (χ1n) is 11.0. The molecular weight excluding hydrogens is 482 g/mol. The summed E-state index contributed by atoms with van der Waals surface area (Å²) in [6.45, 7) is 2.05. The Morgan fingerprint density at radius 1 is 1.06 bits per heavy atom. The topological polar surface area (TPSA) is 96.5 Å². The number of aliphatic hydroxyl groups is 1. The van der Waals surface area contributed by atoms with Gasteiger partial charge in [-0.3, -0.25) is 14.5 Å². The molecule has 0 fully saturated rings. The van der Waals surface area contributed by atoms with Crippen molar-refractivity contribution in [3.63, 3.8) is 0 Å². The van der Waals surface area contributed by atoms with E-state index in [4.69, 9.17) is 4.42 Å². The van der Waals surface area contributed by atoms with Gasteiger partial charge in [0, 0.05) is 5.75 Å². The summed E-state index contributed by atoms with van der Waals surface area (Å²) in [5.74, 6) is -1.09. The highest BCUT2D eigenvalue weighted by atomic mass is 32.2. The van der Waals surface area contributed by atoms with Crippen molar-refractivity contribution in [1.29, 1.82) is 0 Å². The minimum absolute atomic E-state index is 0.0390. The molecule has 176 valence electrons. The first kappa shape index (κ1) is 23.1. The molecule has 0 saturated carbocycles. The van der Waals surface area contributed by atoms with Crippen LogP contribution in [0.4, 0.5) is 5.13 Å². The number of thioether (sulfide) groups is 1. The van der Waals surface area contributed by atoms with Crippen molar-refractivity contribution in [2.45, 2.75) is 29.5 Å². The molecular formula is C26H21N3O4S2. The molecule has 0 bridgehead atoms. The number of nitrogens with zero attached hydrogens (tertiary/aromatic N) is 3. The summed E-state index contributed by atoms with van der Waals surface area (Å²) < 4.78 is 5.96. The quantitative estimate of drug-likeness (QED) is 0.185. The monoisotopic (exact) mass is 503 g/mol. The van der Waals surface area contributed by atoms with Crippen LogP contribution in [0.2, 0.25) is 0 Å². The third kappa shape index (κ3) is 4.52. The minimum atomic E-state index is -0.856. The lowest BCUT2D eigenvalue weighted by Crippen LogP contribution is -2.31. The number of hydrogen-bond acceptors (Lipinski definition) is 8. The normalized spacial score (nSPS) is 15.7. The average Bonchev–Trinajstić information content (AvgIpc) is 3.64. The predicted octanol–water partition coefficient (Wildman–Crippen LogP) is 5.77. The minimum Gasteiger partial charge on any atom is -0.503 e. The number of aryl methyl sites for hydroxylation is 1. The Balaban J connectivity index is 1.50. The van der Waals surface area contributed by atoms with E-state index in [-0.39, 0.29) is 11.3 Å². The molecule has 4 aromatic rings. The van der Waals surface area contributed by atoms with Gasteiger partial charge in [0.05, 0.1) is 17.9 Å². The number of rotatable bonds is 8. The van der Waals surface area contributed by atoms with Crippen molar-refractivity contribution in [2.24, 2.45) is 0 Å². The highest BCUT2D eigenvalue weighted by Crippen LogP contribution is 2.44. The van der Waals surface area contributed by atoms with Crippen LogP contribution < -0.4 is 4.90 Å². The van der Waals surface area contributed by atoms with Crippen molar-refractivity contribution in [3.8, 4) is 0 Å². The van der Waals surface area contributed by atoms with Crippen LogP contribution >= 0.6 is 23.1 Å². The molecule has 0 spiro atoms. The lowest BCUT2D eigenvalue weighted by molar-refractivity contribution is -0.117. The van der Waals surface area contributed by atoms with E-state index in [2.05, 4.69) is 10.2 Å². The first-order valence-corrected chi connectivity index (χ1v) is 12.8. The fourth-order valence-corrected chi connectivity index (χ4v) is 5.73. The molecule has 0 radical (unpaired) electrons. The fourth-order valence-electron chi connectivity index (χ4n) is 3.90. The number of Topliss-reactive ketones (excluding diaryl/α,β-unsaturated/α-hetero) is 1. The molecule has 0 saturated heterocycles. The van der Waals surface area contributed by atoms with Gasteiger partial charge in [-0.15, -0.1) is 10.2 Å². The van der Waals surface area contributed by atoms with E-state index in [1.165, 1.54) is 40.3 Å². The van der Waals surface area contributed by atoms with Crippen molar-refractivity contribution in [3.05, 3.63) is 107 Å². The highest BCUT2D eigenvalue weighted by Gasteiger charge is 2.46. The smallest absolute Gasteiger partial charge is 0.296 e. The van der Waals surface area contributed by atoms with Crippen molar-refractivity contribution in [2.75, 3.05) is 4.90 Å². The molecule has 2 aromatic carbocycles. The molecule has 1 unspecified atom stereocenters. The summed E-state index contributed by atoms with van der Waals surface area (Å²) in [4.78, 5) is 27.9. The van der Waals surface area contributed by atoms with Gasteiger partial charge < -0.3 is 9.52 Å². The van der Waals surface area contributed by atoms with Crippen LogP contribution in [0.5, 0.6) is 0 Å². The molecule has 5 rings (SSSR count). The van der Waals surface area contributed by atoms with E-state index in [1.807, 2.05) is 61.5 Å². The van der Waals surface area contributed by atoms with E-state index < -0.39 is 23.5 Å². The first-order chi connectivity index (χ1) is 17.1. The number of aromatic nitrogens is 2. The van der Waals surface area contributed by atoms with E-state index in [0.29, 0.717) is 20.8 Å². The maximum absolute atomic E-state index is 13.3. The number of amides is 1. The van der Waals surface area contributed by atoms with Gasteiger partial charge in [0.25, 0.3) is 5.91 Å². The third-order valence-electron chi connectivity index (χ3n) is 5.71. The Hall–Kier alpha value is -3.69. The van der Waals surface area contributed by atoms with Gasteiger partial charge in [0.2, 0.25) is 10.9 Å². The Morgan fingerprint density at radius 3 is 2.51 bits per heavy atom. The zero-order chi connectivity index (χ0) is 24.4. The van der Waals surface area contributed by atoms with Crippen LogP contribution in [0, 0.1) is 0 Å². The number of hydrogen-bond donors (Lipinski definition) is 1. The van der Waals surface area contributed by atoms with Crippen molar-refractivity contribution >= 4 is 39.9 Å². The number of carbonyl (C=O) groups excluding carboxylic acids is 2. The maximum atomic E-state index is 13.3. The summed E-state index contributed by atoms with van der Waals surface area (Å²) >= 11 is 2.76. The Morgan fingerprint density at radius 2 is 1.83 bits per heavy atom. The average molecular weight is 504 g/mol. The van der Waals surface area contributed by atoms with Gasteiger partial charge in [-0.1, -0.05) is 84.6 Å². The Labute approximate surface area is 210 Å². The lowest BCUT2D eigenvalue weighted by atomic mass is 9.94. The van der Waals surface area contributed by atoms with Gasteiger partial charge in [0.1, 0.15) is 0 Å². The number of furan rings is 1. The standard InChI is InChI=1S/C26H21N3O4S2/c1-2-16-10-12-18(13-11-16)21-20(22(30)19-9-6-14-33-19)23(31)24(32)29(21)25-27-28-26(35-25)34-15-17-7-4-3-5-8-17/h3-14,21,31H,2,15H2,1H3. The molecule has 1 aliphatic heterocycles. The second-order valence-corrected chi connectivity index (χ2v) is 10.0. The maximum Gasteiger partial charge on any atom is 0.296 e. The molecule has 1 aliphatic rings. The van der Waals surface area contributed by atoms with Gasteiger partial charge in [-0.2, -0.15) is 0 Å². The Kier molecular flexibility index (Phi) is 6.52. The molecule has 0 aliphatic carbocycles. The zero-order valence-corrected chi connectivity index (χ0v) is 20.4. The molecule has 2 aromatic heterocycles. The molecule has 1 atom stereocenters. The number of anilines is 1. The second kappa shape index (κ2) is 9.89. The lowest BCUT2D eigenvalue weighted by Gasteiger charge is -2.24. The predicted molar refractivity (Wildman–Crippen MR) is 135 cm³/mol. The molecule has 35 heavy (non-hydrogen) atoms. The van der Waals surface area contributed by atoms with Gasteiger partial charge in [0.15, 0.2) is 15.9 Å². The Bertz CT molecular complexity index is 1380. The zero-order valence-electron chi connectivity index (χ0n) is 18.7. The summed E-state index contributed by atoms with van der Waals surface area (Å²) in [6, 6.07) is 19.8. The fraction of sp³-hybridized carbons (Fsp3) is 0.154. The molecule has 9 heteroatoms. The van der Waals surface area contributed by atoms with E-state index in [1.54, 1.807) is 6.07 Å². The summed E-state index contributed by atoms with van der Waals surface area (Å²) in [6.07, 6.45) is 2.23. The number of aliphatic hydroxyl groups excluding tert-OH is 1. The summed E-state index contributed by atoms with van der Waals surface area (Å²) in [5.41, 5.74) is 2.91. The van der Waals surface area contributed by atoms with Crippen molar-refractivity contribution < 1.29 is 19.1 Å². The molecule has 7 nitrogen and oxygen atoms in total. The highest BCUT2D eigenvalue weighted by molar-refractivity contribution is 8.00. The summed E-state index contributed by atoms with van der Waals surface area (Å²) in [5, 5.41) is 19.6. The van der Waals surface area contributed by atoms with Crippen LogP contribution in [-0.4, -0.2) is 27.0 Å². The molecule has 1 amide bonds. The van der Waals surface area contributed by atoms with Crippen molar-refractivity contribution in [1.82, 2.24) is 10.2 Å². The van der Waals surface area contributed by atoms with Gasteiger partial charge >= 0.3 is 0 Å². The van der Waals surface area contributed by atoms with Crippen LogP contribution in [-0.2, 0) is 17.0 Å². The third-order valence-corrected chi connectivity index (χ3v) is 7.84. The van der Waals surface area contributed by atoms with Crippen LogP contribution in [0.3, 0.4) is 0 Å². The number of benzene rings is 2. The van der Waals surface area contributed by atoms with Crippen LogP contribution in [0.1, 0.15) is 40.2 Å². The largest absolute Gasteiger partial charge is 0.503 e. The van der Waals surface area contributed by atoms with Gasteiger partial charge in [-0.05, 0) is 35.2 Å². The summed E-state index contributed by atoms with van der Waals surface area (Å²) in [7, 11) is 0. The molecule has 1 N–H and O–H groups in total. The van der Waals surface area contributed by atoms with Crippen LogP contribution in [0.25, 0.3) is 0 Å². The van der Waals surface area contributed by atoms with E-state index in [9.17, 15) is 14.7 Å². The van der Waals surface area contributed by atoms with Crippen LogP contribution in [0.15, 0.2) is 93.1 Å². The number of carbonyl (C=O) groups is 2. The second-order valence-electron chi connectivity index (χ2n) is 7.87. The molecule has 3 heterocycles. The van der Waals surface area contributed by atoms with E-state index >= 15 is 0 Å². The number of ketones is 1. The van der Waals surface area contributed by atoms with Gasteiger partial charge in [-0.25, -0.2) is 0 Å². The SMILES string of the molecule is CCc1ccc(C2C(C(=O)c3ccco3)=C(O)C(=O)N2c2nnc(SCc3ccccc3)s2)cc1. The van der Waals surface area contributed by atoms with E-state index in [0.717, 1.165) is 17.5 Å².